The molecular weight excluding hydrogens is 208 g/mol. The fraction of sp³-hybridized carbons (Fsp3) is 0.833. The third-order valence-electron chi connectivity index (χ3n) is 1.52. The van der Waals surface area contributed by atoms with Gasteiger partial charge in [-0.05, 0) is 48.5 Å². The van der Waals surface area contributed by atoms with Crippen molar-refractivity contribution in [3.05, 3.63) is 0 Å². The largest absolute Gasteiger partial charge is 0.459 e. The van der Waals surface area contributed by atoms with Gasteiger partial charge in [-0.3, -0.25) is 9.59 Å². The summed E-state index contributed by atoms with van der Waals surface area (Å²) in [7, 11) is 0. The molecule has 0 spiro atoms. The summed E-state index contributed by atoms with van der Waals surface area (Å²) < 4.78 is 10.2. The molecule has 0 aliphatic rings. The number of ether oxygens (including phenoxy) is 2. The van der Waals surface area contributed by atoms with Crippen molar-refractivity contribution in [1.82, 2.24) is 0 Å². The highest BCUT2D eigenvalue weighted by Crippen LogP contribution is 2.15. The fourth-order valence-electron chi connectivity index (χ4n) is 0.877. The number of carbonyl (C=O) groups is 2. The Balaban J connectivity index is 4.40. The Morgan fingerprint density at radius 3 is 1.25 bits per heavy atom. The maximum atomic E-state index is 11.6. The molecule has 0 N–H and O–H groups in total. The lowest BCUT2D eigenvalue weighted by Gasteiger charge is -2.24. The number of carbonyl (C=O) groups excluding carboxylic acids is 2. The van der Waals surface area contributed by atoms with Crippen molar-refractivity contribution in [2.75, 3.05) is 0 Å². The Labute approximate surface area is 97.3 Å². The van der Waals surface area contributed by atoms with Crippen molar-refractivity contribution >= 4 is 11.9 Å². The molecule has 0 aromatic rings. The Morgan fingerprint density at radius 2 is 1.06 bits per heavy atom. The van der Waals surface area contributed by atoms with Crippen molar-refractivity contribution in [2.24, 2.45) is 5.92 Å². The molecule has 0 amide bonds. The molecule has 0 aliphatic heterocycles. The molecule has 4 heteroatoms. The van der Waals surface area contributed by atoms with Crippen LogP contribution in [0.5, 0.6) is 0 Å². The molecule has 0 fully saturated rings. The third kappa shape index (κ3) is 6.43. The summed E-state index contributed by atoms with van der Waals surface area (Å²) in [6, 6.07) is 0. The molecule has 0 aliphatic carbocycles. The molecule has 0 saturated carbocycles. The van der Waals surface area contributed by atoms with Gasteiger partial charge in [0.2, 0.25) is 0 Å². The zero-order valence-electron chi connectivity index (χ0n) is 11.2. The average Bonchev–Trinajstić information content (AvgIpc) is 1.96. The fourth-order valence-corrected chi connectivity index (χ4v) is 0.877. The van der Waals surface area contributed by atoms with E-state index >= 15 is 0 Å². The molecule has 0 rings (SSSR count). The summed E-state index contributed by atoms with van der Waals surface area (Å²) in [4.78, 5) is 23.1. The van der Waals surface area contributed by atoms with Crippen LogP contribution in [0.25, 0.3) is 0 Å². The molecule has 0 atom stereocenters. The van der Waals surface area contributed by atoms with Crippen molar-refractivity contribution in [1.29, 1.82) is 0 Å². The molecule has 0 aromatic carbocycles. The highest BCUT2D eigenvalue weighted by molar-refractivity contribution is 5.94. The monoisotopic (exact) mass is 230 g/mol. The zero-order valence-corrected chi connectivity index (χ0v) is 11.2. The van der Waals surface area contributed by atoms with Crippen LogP contribution in [-0.4, -0.2) is 23.1 Å². The summed E-state index contributed by atoms with van der Waals surface area (Å²) in [5.41, 5.74) is -1.18. The van der Waals surface area contributed by atoms with Crippen LogP contribution in [0.1, 0.15) is 48.5 Å². The second-order valence-corrected chi connectivity index (χ2v) is 5.79. The predicted octanol–water partition coefficient (Wildman–Crippen LogP) is 2.31. The maximum Gasteiger partial charge on any atom is 0.320 e. The normalized spacial score (nSPS) is 12.5. The van der Waals surface area contributed by atoms with Crippen molar-refractivity contribution in [3.63, 3.8) is 0 Å². The zero-order chi connectivity index (χ0) is 13.1. The Bertz CT molecular complexity index is 240. The topological polar surface area (TPSA) is 52.6 Å². The molecule has 0 unspecified atom stereocenters. The van der Waals surface area contributed by atoms with E-state index in [0.717, 1.165) is 0 Å². The van der Waals surface area contributed by atoms with E-state index < -0.39 is 29.1 Å². The Hall–Kier alpha value is -1.06. The lowest BCUT2D eigenvalue weighted by Crippen LogP contribution is -2.35. The first kappa shape index (κ1) is 14.9. The maximum absolute atomic E-state index is 11.6. The second kappa shape index (κ2) is 4.85. The Kier molecular flexibility index (Phi) is 4.53. The lowest BCUT2D eigenvalue weighted by atomic mass is 10.1. The van der Waals surface area contributed by atoms with E-state index in [-0.39, 0.29) is 0 Å². The van der Waals surface area contributed by atoms with Crippen molar-refractivity contribution in [3.8, 4) is 0 Å². The van der Waals surface area contributed by atoms with Gasteiger partial charge in [0.25, 0.3) is 0 Å². The first-order valence-electron chi connectivity index (χ1n) is 5.38. The molecule has 4 nitrogen and oxygen atoms in total. The molecule has 0 bridgehead atoms. The van der Waals surface area contributed by atoms with Crippen LogP contribution < -0.4 is 0 Å². The molecule has 0 aromatic heterocycles. The molecular formula is C12H22O4. The van der Waals surface area contributed by atoms with Crippen LogP contribution in [-0.2, 0) is 19.1 Å². The van der Waals surface area contributed by atoms with Crippen LogP contribution in [0.3, 0.4) is 0 Å². The van der Waals surface area contributed by atoms with Crippen LogP contribution in [0.2, 0.25) is 0 Å². The van der Waals surface area contributed by atoms with E-state index in [1.807, 2.05) is 0 Å². The summed E-state index contributed by atoms with van der Waals surface area (Å²) in [5, 5.41) is 0. The van der Waals surface area contributed by atoms with E-state index in [2.05, 4.69) is 0 Å². The summed E-state index contributed by atoms with van der Waals surface area (Å²) in [6.07, 6.45) is 0. The molecule has 0 radical (unpaired) electrons. The van der Waals surface area contributed by atoms with Crippen LogP contribution >= 0.6 is 0 Å². The number of esters is 2. The predicted molar refractivity (Wildman–Crippen MR) is 60.9 cm³/mol. The van der Waals surface area contributed by atoms with Gasteiger partial charge < -0.3 is 9.47 Å². The van der Waals surface area contributed by atoms with Gasteiger partial charge in [0.05, 0.1) is 0 Å². The van der Waals surface area contributed by atoms with E-state index in [0.29, 0.717) is 0 Å². The van der Waals surface area contributed by atoms with E-state index in [1.165, 1.54) is 6.92 Å². The van der Waals surface area contributed by atoms with Gasteiger partial charge in [-0.25, -0.2) is 0 Å². The van der Waals surface area contributed by atoms with Gasteiger partial charge in [-0.2, -0.15) is 0 Å². The van der Waals surface area contributed by atoms with Gasteiger partial charge in [-0.15, -0.1) is 0 Å². The number of hydrogen-bond acceptors (Lipinski definition) is 4. The highest BCUT2D eigenvalue weighted by atomic mass is 16.6. The minimum Gasteiger partial charge on any atom is -0.459 e. The van der Waals surface area contributed by atoms with E-state index in [4.69, 9.17) is 9.47 Å². The van der Waals surface area contributed by atoms with Crippen molar-refractivity contribution < 1.29 is 19.1 Å². The van der Waals surface area contributed by atoms with Crippen molar-refractivity contribution in [2.45, 2.75) is 59.7 Å². The van der Waals surface area contributed by atoms with Crippen LogP contribution in [0.4, 0.5) is 0 Å². The first-order valence-corrected chi connectivity index (χ1v) is 5.38. The van der Waals surface area contributed by atoms with Gasteiger partial charge in [-0.1, -0.05) is 0 Å². The van der Waals surface area contributed by atoms with Crippen LogP contribution in [0.15, 0.2) is 0 Å². The van der Waals surface area contributed by atoms with Gasteiger partial charge in [0.15, 0.2) is 5.92 Å². The average molecular weight is 230 g/mol. The number of hydrogen-bond donors (Lipinski definition) is 0. The van der Waals surface area contributed by atoms with Gasteiger partial charge >= 0.3 is 11.9 Å². The summed E-state index contributed by atoms with van der Waals surface area (Å²) >= 11 is 0. The summed E-state index contributed by atoms with van der Waals surface area (Å²) in [6.45, 7) is 12.0. The minimum absolute atomic E-state index is 0.554. The molecule has 0 heterocycles. The summed E-state index contributed by atoms with van der Waals surface area (Å²) in [5.74, 6) is -2.00. The lowest BCUT2D eigenvalue weighted by molar-refractivity contribution is -0.173. The molecule has 16 heavy (non-hydrogen) atoms. The molecule has 0 saturated heterocycles. The minimum atomic E-state index is -0.890. The smallest absolute Gasteiger partial charge is 0.320 e. The van der Waals surface area contributed by atoms with E-state index in [1.54, 1.807) is 41.5 Å². The van der Waals surface area contributed by atoms with Crippen LogP contribution in [0, 0.1) is 5.92 Å². The second-order valence-electron chi connectivity index (χ2n) is 5.79. The third-order valence-corrected chi connectivity index (χ3v) is 1.52. The standard InChI is InChI=1S/C12H22O4/c1-8(9(13)15-11(2,3)4)10(14)16-12(5,6)7/h8H,1-7H3. The van der Waals surface area contributed by atoms with Gasteiger partial charge in [0.1, 0.15) is 11.2 Å². The Morgan fingerprint density at radius 1 is 0.812 bits per heavy atom. The quantitative estimate of drug-likeness (QED) is 0.539. The SMILES string of the molecule is CC(C(=O)OC(C)(C)C)C(=O)OC(C)(C)C. The molecule has 94 valence electrons. The van der Waals surface area contributed by atoms with E-state index in [9.17, 15) is 9.59 Å². The highest BCUT2D eigenvalue weighted by Gasteiger charge is 2.30. The van der Waals surface area contributed by atoms with Gasteiger partial charge in [0, 0.05) is 0 Å². The first-order chi connectivity index (χ1) is 6.92. The number of rotatable bonds is 2.